The number of hydrogen-bond donors (Lipinski definition) is 1. The second-order valence-electron chi connectivity index (χ2n) is 6.45. The predicted molar refractivity (Wildman–Crippen MR) is 96.5 cm³/mol. The van der Waals surface area contributed by atoms with E-state index in [1.54, 1.807) is 6.07 Å². The molecule has 1 saturated heterocycles. The molecule has 2 amide bonds. The van der Waals surface area contributed by atoms with Crippen LogP contribution in [0.15, 0.2) is 40.8 Å². The molecule has 0 bridgehead atoms. The molecule has 0 saturated carbocycles. The van der Waals surface area contributed by atoms with E-state index in [0.717, 1.165) is 6.26 Å². The molecular weight excluding hydrogens is 375 g/mol. The van der Waals surface area contributed by atoms with E-state index in [2.05, 4.69) is 5.32 Å². The normalized spacial score (nSPS) is 17.8. The molecule has 1 aliphatic rings. The Labute approximate surface area is 156 Å². The van der Waals surface area contributed by atoms with Gasteiger partial charge in [0, 0.05) is 12.8 Å². The number of nitrogens with one attached hydrogen (secondary N) is 1. The van der Waals surface area contributed by atoms with Gasteiger partial charge < -0.3 is 14.6 Å². The number of hydrogen-bond acceptors (Lipinski definition) is 5. The lowest BCUT2D eigenvalue weighted by molar-refractivity contribution is -0.121. The number of para-hydroxylation sites is 1. The van der Waals surface area contributed by atoms with Gasteiger partial charge in [0.2, 0.25) is 5.91 Å². The molecule has 9 heteroatoms. The van der Waals surface area contributed by atoms with Crippen molar-refractivity contribution in [2.45, 2.75) is 24.6 Å². The smallest absolute Gasteiger partial charge is 0.287 e. The summed E-state index contributed by atoms with van der Waals surface area (Å²) in [4.78, 5) is 26.3. The monoisotopic (exact) mass is 394 g/mol. The Morgan fingerprint density at radius 3 is 2.74 bits per heavy atom. The highest BCUT2D eigenvalue weighted by Gasteiger charge is 2.32. The third kappa shape index (κ3) is 4.54. The van der Waals surface area contributed by atoms with Gasteiger partial charge in [0.05, 0.1) is 5.69 Å². The van der Waals surface area contributed by atoms with Gasteiger partial charge in [0.25, 0.3) is 5.91 Å². The predicted octanol–water partition coefficient (Wildman–Crippen LogP) is 1.89. The van der Waals surface area contributed by atoms with Gasteiger partial charge >= 0.3 is 0 Å². The molecule has 3 rings (SSSR count). The Bertz CT molecular complexity index is 970. The van der Waals surface area contributed by atoms with Crippen molar-refractivity contribution in [3.8, 4) is 0 Å². The zero-order valence-corrected chi connectivity index (χ0v) is 15.5. The maximum Gasteiger partial charge on any atom is 0.287 e. The second kappa shape index (κ2) is 7.51. The van der Waals surface area contributed by atoms with Crippen LogP contribution in [-0.2, 0) is 20.4 Å². The fourth-order valence-corrected chi connectivity index (χ4v) is 3.66. The number of sulfone groups is 1. The Morgan fingerprint density at radius 1 is 1.30 bits per heavy atom. The summed E-state index contributed by atoms with van der Waals surface area (Å²) in [6.07, 6.45) is 2.09. The van der Waals surface area contributed by atoms with E-state index in [0.29, 0.717) is 19.4 Å². The van der Waals surface area contributed by atoms with Crippen LogP contribution in [-0.4, -0.2) is 39.1 Å². The average molecular weight is 394 g/mol. The van der Waals surface area contributed by atoms with Gasteiger partial charge in [-0.2, -0.15) is 0 Å². The molecule has 7 nitrogen and oxygen atoms in total. The molecule has 1 aromatic carbocycles. The van der Waals surface area contributed by atoms with Crippen molar-refractivity contribution in [2.75, 3.05) is 17.7 Å². The summed E-state index contributed by atoms with van der Waals surface area (Å²) in [5.74, 6) is -1.78. The minimum Gasteiger partial charge on any atom is -0.455 e. The van der Waals surface area contributed by atoms with E-state index >= 15 is 0 Å². The Hall–Kier alpha value is -2.68. The Balaban J connectivity index is 1.71. The molecule has 1 atom stereocenters. The first-order chi connectivity index (χ1) is 12.7. The van der Waals surface area contributed by atoms with Crippen molar-refractivity contribution >= 4 is 27.3 Å². The quantitative estimate of drug-likeness (QED) is 0.835. The van der Waals surface area contributed by atoms with E-state index in [1.807, 2.05) is 0 Å². The van der Waals surface area contributed by atoms with Crippen LogP contribution in [0.25, 0.3) is 0 Å². The highest BCUT2D eigenvalue weighted by molar-refractivity contribution is 7.89. The third-order valence-electron chi connectivity index (χ3n) is 4.18. The summed E-state index contributed by atoms with van der Waals surface area (Å²) in [6, 6.07) is 7.92. The van der Waals surface area contributed by atoms with Crippen molar-refractivity contribution in [1.82, 2.24) is 5.32 Å². The van der Waals surface area contributed by atoms with Gasteiger partial charge in [-0.25, -0.2) is 12.8 Å². The van der Waals surface area contributed by atoms with Crippen molar-refractivity contribution in [1.29, 1.82) is 0 Å². The highest BCUT2D eigenvalue weighted by atomic mass is 32.2. The summed E-state index contributed by atoms with van der Waals surface area (Å²) in [7, 11) is -3.29. The minimum absolute atomic E-state index is 0.0792. The van der Waals surface area contributed by atoms with Gasteiger partial charge in [-0.15, -0.1) is 0 Å². The number of rotatable bonds is 5. The summed E-state index contributed by atoms with van der Waals surface area (Å²) < 4.78 is 41.8. The molecule has 2 aromatic rings. The van der Waals surface area contributed by atoms with Crippen molar-refractivity contribution in [3.05, 3.63) is 53.7 Å². The maximum absolute atomic E-state index is 14.0. The van der Waals surface area contributed by atoms with Crippen molar-refractivity contribution in [3.63, 3.8) is 0 Å². The number of halogens is 1. The summed E-state index contributed by atoms with van der Waals surface area (Å²) in [5.41, 5.74) is 0.176. The van der Waals surface area contributed by atoms with Crippen LogP contribution in [0.1, 0.15) is 29.2 Å². The lowest BCUT2D eigenvalue weighted by atomic mass is 10.0. The molecule has 2 heterocycles. The largest absolute Gasteiger partial charge is 0.455 e. The fraction of sp³-hybridized carbons (Fsp3) is 0.333. The minimum atomic E-state index is -3.29. The summed E-state index contributed by atoms with van der Waals surface area (Å²) >= 11 is 0. The molecular formula is C18H19FN2O5S. The zero-order valence-electron chi connectivity index (χ0n) is 14.6. The molecule has 1 N–H and O–H groups in total. The molecule has 1 aromatic heterocycles. The SMILES string of the molecule is CS(=O)(=O)Cc1ccc(C(=O)NC2CCCN(c3ccccc3F)C2=O)o1. The highest BCUT2D eigenvalue weighted by Crippen LogP contribution is 2.24. The molecule has 0 radical (unpaired) electrons. The number of piperidine rings is 1. The average Bonchev–Trinajstić information content (AvgIpc) is 3.04. The van der Waals surface area contributed by atoms with E-state index < -0.39 is 33.5 Å². The molecule has 1 aliphatic heterocycles. The Kier molecular flexibility index (Phi) is 5.31. The van der Waals surface area contributed by atoms with Crippen molar-refractivity contribution in [2.24, 2.45) is 0 Å². The molecule has 0 aliphatic carbocycles. The standard InChI is InChI=1S/C18H19FN2O5S/c1-27(24,25)11-12-8-9-16(26-12)17(22)20-14-6-4-10-21(18(14)23)15-7-3-2-5-13(15)19/h2-3,5,7-9,14H,4,6,10-11H2,1H3,(H,20,22). The van der Waals surface area contributed by atoms with E-state index in [4.69, 9.17) is 4.42 Å². The first-order valence-electron chi connectivity index (χ1n) is 8.38. The number of anilines is 1. The lowest BCUT2D eigenvalue weighted by Gasteiger charge is -2.32. The number of furan rings is 1. The van der Waals surface area contributed by atoms with E-state index in [9.17, 15) is 22.4 Å². The molecule has 1 fully saturated rings. The zero-order chi connectivity index (χ0) is 19.6. The number of amides is 2. The molecule has 1 unspecified atom stereocenters. The van der Waals surface area contributed by atoms with Gasteiger partial charge in [-0.05, 0) is 37.1 Å². The second-order valence-corrected chi connectivity index (χ2v) is 8.59. The van der Waals surface area contributed by atoms with Crippen LogP contribution < -0.4 is 10.2 Å². The topological polar surface area (TPSA) is 96.7 Å². The third-order valence-corrected chi connectivity index (χ3v) is 4.99. The van der Waals surface area contributed by atoms with Gasteiger partial charge in [0.1, 0.15) is 23.4 Å². The summed E-state index contributed by atoms with van der Waals surface area (Å²) in [6.45, 7) is 0.366. The van der Waals surface area contributed by atoms with Crippen LogP contribution in [0.5, 0.6) is 0 Å². The maximum atomic E-state index is 14.0. The number of carbonyl (C=O) groups excluding carboxylic acids is 2. The van der Waals surface area contributed by atoms with Crippen LogP contribution in [0.3, 0.4) is 0 Å². The molecule has 0 spiro atoms. The van der Waals surface area contributed by atoms with Crippen LogP contribution in [0.2, 0.25) is 0 Å². The van der Waals surface area contributed by atoms with Gasteiger partial charge in [-0.3, -0.25) is 9.59 Å². The first kappa shape index (κ1) is 19.1. The van der Waals surface area contributed by atoms with E-state index in [1.165, 1.54) is 35.2 Å². The molecule has 144 valence electrons. The molecule has 27 heavy (non-hydrogen) atoms. The van der Waals surface area contributed by atoms with Gasteiger partial charge in [-0.1, -0.05) is 12.1 Å². The van der Waals surface area contributed by atoms with E-state index in [-0.39, 0.29) is 23.0 Å². The van der Waals surface area contributed by atoms with Crippen LogP contribution >= 0.6 is 0 Å². The van der Waals surface area contributed by atoms with Crippen LogP contribution in [0.4, 0.5) is 10.1 Å². The Morgan fingerprint density at radius 2 is 2.04 bits per heavy atom. The van der Waals surface area contributed by atoms with Crippen LogP contribution in [0, 0.1) is 5.82 Å². The lowest BCUT2D eigenvalue weighted by Crippen LogP contribution is -2.52. The fourth-order valence-electron chi connectivity index (χ4n) is 2.98. The summed E-state index contributed by atoms with van der Waals surface area (Å²) in [5, 5.41) is 2.58. The van der Waals surface area contributed by atoms with Gasteiger partial charge in [0.15, 0.2) is 15.6 Å². The first-order valence-corrected chi connectivity index (χ1v) is 10.4. The number of carbonyl (C=O) groups is 2. The number of benzene rings is 1. The number of nitrogens with zero attached hydrogens (tertiary/aromatic N) is 1. The van der Waals surface area contributed by atoms with Crippen molar-refractivity contribution < 1.29 is 26.8 Å².